The van der Waals surface area contributed by atoms with E-state index in [0.29, 0.717) is 11.0 Å². The SMILES string of the molecule is CN(C)c1ccc(/C=N/Nc2nc(-c3ccccc3Cl)c3cc(Br)ccc3n2)cc1. The lowest BCUT2D eigenvalue weighted by Crippen LogP contribution is -2.08. The van der Waals surface area contributed by atoms with Crippen molar-refractivity contribution in [3.8, 4) is 11.3 Å². The summed E-state index contributed by atoms with van der Waals surface area (Å²) in [7, 11) is 4.02. The lowest BCUT2D eigenvalue weighted by Gasteiger charge is -2.11. The van der Waals surface area contributed by atoms with E-state index in [1.807, 2.05) is 80.8 Å². The van der Waals surface area contributed by atoms with Gasteiger partial charge in [0.15, 0.2) is 0 Å². The lowest BCUT2D eigenvalue weighted by atomic mass is 10.1. The molecule has 150 valence electrons. The Balaban J connectivity index is 1.68. The van der Waals surface area contributed by atoms with E-state index in [9.17, 15) is 0 Å². The molecule has 0 aliphatic rings. The monoisotopic (exact) mass is 479 g/mol. The molecule has 0 saturated carbocycles. The summed E-state index contributed by atoms with van der Waals surface area (Å²) >= 11 is 9.97. The molecule has 0 aliphatic carbocycles. The summed E-state index contributed by atoms with van der Waals surface area (Å²) in [5, 5.41) is 5.85. The number of hydrogen-bond donors (Lipinski definition) is 1. The van der Waals surface area contributed by atoms with Crippen molar-refractivity contribution in [1.29, 1.82) is 0 Å². The number of anilines is 2. The standard InChI is InChI=1S/C23H19BrClN5/c1-30(2)17-10-7-15(8-11-17)14-26-29-23-27-21-12-9-16(24)13-19(21)22(28-23)18-5-3-4-6-20(18)25/h3-14H,1-2H3,(H,27,28,29)/b26-14+. The van der Waals surface area contributed by atoms with E-state index in [1.54, 1.807) is 6.21 Å². The fourth-order valence-electron chi connectivity index (χ4n) is 3.03. The van der Waals surface area contributed by atoms with Crippen LogP contribution in [0, 0.1) is 0 Å². The fraction of sp³-hybridized carbons (Fsp3) is 0.0870. The van der Waals surface area contributed by atoms with Crippen LogP contribution < -0.4 is 10.3 Å². The van der Waals surface area contributed by atoms with Crippen molar-refractivity contribution in [3.63, 3.8) is 0 Å². The predicted octanol–water partition coefficient (Wildman–Crippen LogP) is 6.22. The molecule has 0 fully saturated rings. The highest BCUT2D eigenvalue weighted by Gasteiger charge is 2.12. The van der Waals surface area contributed by atoms with Crippen molar-refractivity contribution in [2.45, 2.75) is 0 Å². The smallest absolute Gasteiger partial charge is 0.244 e. The molecule has 1 heterocycles. The highest BCUT2D eigenvalue weighted by Crippen LogP contribution is 2.33. The van der Waals surface area contributed by atoms with Crippen molar-refractivity contribution < 1.29 is 0 Å². The first-order valence-electron chi connectivity index (χ1n) is 9.30. The maximum absolute atomic E-state index is 6.45. The van der Waals surface area contributed by atoms with Crippen LogP contribution in [-0.2, 0) is 0 Å². The fourth-order valence-corrected chi connectivity index (χ4v) is 3.62. The molecule has 1 aromatic heterocycles. The Morgan fingerprint density at radius 2 is 1.77 bits per heavy atom. The lowest BCUT2D eigenvalue weighted by molar-refractivity contribution is 1.13. The normalized spacial score (nSPS) is 11.2. The zero-order chi connectivity index (χ0) is 21.1. The minimum Gasteiger partial charge on any atom is -0.378 e. The van der Waals surface area contributed by atoms with Gasteiger partial charge in [0.2, 0.25) is 5.95 Å². The highest BCUT2D eigenvalue weighted by atomic mass is 79.9. The Hall–Kier alpha value is -2.96. The Morgan fingerprint density at radius 1 is 1.00 bits per heavy atom. The first kappa shape index (κ1) is 20.3. The van der Waals surface area contributed by atoms with Crippen LogP contribution >= 0.6 is 27.5 Å². The summed E-state index contributed by atoms with van der Waals surface area (Å²) in [5.41, 5.74) is 7.45. The van der Waals surface area contributed by atoms with Crippen LogP contribution in [0.5, 0.6) is 0 Å². The van der Waals surface area contributed by atoms with Gasteiger partial charge in [-0.1, -0.05) is 57.9 Å². The van der Waals surface area contributed by atoms with Crippen LogP contribution in [0.3, 0.4) is 0 Å². The van der Waals surface area contributed by atoms with Crippen LogP contribution in [-0.4, -0.2) is 30.3 Å². The number of halogens is 2. The van der Waals surface area contributed by atoms with Gasteiger partial charge < -0.3 is 4.90 Å². The van der Waals surface area contributed by atoms with E-state index in [-0.39, 0.29) is 0 Å². The molecule has 0 spiro atoms. The second-order valence-corrected chi connectivity index (χ2v) is 8.22. The Kier molecular flexibility index (Phi) is 5.97. The van der Waals surface area contributed by atoms with Crippen molar-refractivity contribution >= 4 is 56.3 Å². The first-order chi connectivity index (χ1) is 14.5. The molecule has 5 nitrogen and oxygen atoms in total. The van der Waals surface area contributed by atoms with Crippen molar-refractivity contribution in [2.75, 3.05) is 24.4 Å². The maximum Gasteiger partial charge on any atom is 0.244 e. The Bertz CT molecular complexity index is 1220. The van der Waals surface area contributed by atoms with E-state index in [4.69, 9.17) is 16.6 Å². The molecule has 0 unspecified atom stereocenters. The molecule has 0 amide bonds. The van der Waals surface area contributed by atoms with E-state index in [1.165, 1.54) is 0 Å². The summed E-state index contributed by atoms with van der Waals surface area (Å²) in [6, 6.07) is 21.6. The van der Waals surface area contributed by atoms with Gasteiger partial charge >= 0.3 is 0 Å². The molecule has 4 aromatic rings. The molecule has 0 saturated heterocycles. The van der Waals surface area contributed by atoms with Gasteiger partial charge in [-0.25, -0.2) is 15.4 Å². The molecule has 0 aliphatic heterocycles. The Morgan fingerprint density at radius 3 is 2.50 bits per heavy atom. The minimum absolute atomic E-state index is 0.404. The summed E-state index contributed by atoms with van der Waals surface area (Å²) < 4.78 is 0.951. The van der Waals surface area contributed by atoms with Gasteiger partial charge in [0.1, 0.15) is 0 Å². The van der Waals surface area contributed by atoms with Crippen molar-refractivity contribution in [2.24, 2.45) is 5.10 Å². The van der Waals surface area contributed by atoms with Gasteiger partial charge in [0.05, 0.1) is 17.4 Å². The second kappa shape index (κ2) is 8.81. The average Bonchev–Trinajstić information content (AvgIpc) is 2.74. The summed E-state index contributed by atoms with van der Waals surface area (Å²) in [6.07, 6.45) is 1.74. The van der Waals surface area contributed by atoms with Crippen molar-refractivity contribution in [3.05, 3.63) is 81.8 Å². The molecule has 0 atom stereocenters. The number of nitrogens with one attached hydrogen (secondary N) is 1. The molecular formula is C23H19BrClN5. The number of fused-ring (bicyclic) bond motifs is 1. The van der Waals surface area contributed by atoms with Gasteiger partial charge in [-0.05, 0) is 42.0 Å². The average molecular weight is 481 g/mol. The number of rotatable bonds is 5. The van der Waals surface area contributed by atoms with E-state index in [2.05, 4.69) is 36.3 Å². The van der Waals surface area contributed by atoms with Gasteiger partial charge in [-0.3, -0.25) is 0 Å². The zero-order valence-corrected chi connectivity index (χ0v) is 18.8. The Labute approximate surface area is 188 Å². The number of benzene rings is 3. The molecule has 7 heteroatoms. The molecule has 4 rings (SSSR count). The summed E-state index contributed by atoms with van der Waals surface area (Å²) in [6.45, 7) is 0. The van der Waals surface area contributed by atoms with E-state index < -0.39 is 0 Å². The predicted molar refractivity (Wildman–Crippen MR) is 130 cm³/mol. The third-order valence-electron chi connectivity index (χ3n) is 4.57. The summed E-state index contributed by atoms with van der Waals surface area (Å²) in [5.74, 6) is 0.404. The van der Waals surface area contributed by atoms with Crippen LogP contribution in [0.4, 0.5) is 11.6 Å². The van der Waals surface area contributed by atoms with Gasteiger partial charge in [-0.15, -0.1) is 0 Å². The molecule has 1 N–H and O–H groups in total. The highest BCUT2D eigenvalue weighted by molar-refractivity contribution is 9.10. The van der Waals surface area contributed by atoms with Crippen LogP contribution in [0.25, 0.3) is 22.2 Å². The van der Waals surface area contributed by atoms with Crippen molar-refractivity contribution in [1.82, 2.24) is 9.97 Å². The minimum atomic E-state index is 0.404. The number of nitrogens with zero attached hydrogens (tertiary/aromatic N) is 4. The second-order valence-electron chi connectivity index (χ2n) is 6.89. The van der Waals surface area contributed by atoms with Gasteiger partial charge in [0, 0.05) is 40.2 Å². The van der Waals surface area contributed by atoms with Gasteiger partial charge in [0.25, 0.3) is 0 Å². The first-order valence-corrected chi connectivity index (χ1v) is 10.5. The molecule has 0 bridgehead atoms. The quantitative estimate of drug-likeness (QED) is 0.272. The zero-order valence-electron chi connectivity index (χ0n) is 16.5. The number of hydrazone groups is 1. The van der Waals surface area contributed by atoms with Gasteiger partial charge in [-0.2, -0.15) is 5.10 Å². The van der Waals surface area contributed by atoms with Crippen LogP contribution in [0.2, 0.25) is 5.02 Å². The molecule has 30 heavy (non-hydrogen) atoms. The molecule has 3 aromatic carbocycles. The molecular weight excluding hydrogens is 462 g/mol. The maximum atomic E-state index is 6.45. The number of hydrogen-bond acceptors (Lipinski definition) is 5. The van der Waals surface area contributed by atoms with Crippen LogP contribution in [0.1, 0.15) is 5.56 Å². The summed E-state index contributed by atoms with van der Waals surface area (Å²) in [4.78, 5) is 11.3. The molecule has 0 radical (unpaired) electrons. The van der Waals surface area contributed by atoms with E-state index >= 15 is 0 Å². The number of aromatic nitrogens is 2. The topological polar surface area (TPSA) is 53.4 Å². The third kappa shape index (κ3) is 4.45. The van der Waals surface area contributed by atoms with Crippen LogP contribution in [0.15, 0.2) is 76.3 Å². The largest absolute Gasteiger partial charge is 0.378 e. The third-order valence-corrected chi connectivity index (χ3v) is 5.40. The van der Waals surface area contributed by atoms with E-state index in [0.717, 1.165) is 37.9 Å².